The molecular weight excluding hydrogens is 158 g/mol. The topological polar surface area (TPSA) is 58.6 Å². The number of amides is 1. The highest BCUT2D eigenvalue weighted by Crippen LogP contribution is 1.99. The summed E-state index contributed by atoms with van der Waals surface area (Å²) in [4.78, 5) is 10.9. The molecule has 72 valence electrons. The van der Waals surface area contributed by atoms with E-state index >= 15 is 0 Å². The van der Waals surface area contributed by atoms with Crippen LogP contribution in [-0.2, 0) is 4.74 Å². The van der Waals surface area contributed by atoms with Crippen LogP contribution in [0.5, 0.6) is 0 Å². The van der Waals surface area contributed by atoms with E-state index in [1.54, 1.807) is 0 Å². The fourth-order valence-electron chi connectivity index (χ4n) is 0.533. The number of ether oxygens (including phenoxy) is 1. The van der Waals surface area contributed by atoms with Crippen LogP contribution < -0.4 is 5.32 Å². The third-order valence-electron chi connectivity index (χ3n) is 1.67. The monoisotopic (exact) mass is 175 g/mol. The molecule has 0 aliphatic heterocycles. The molecule has 0 aliphatic rings. The number of aliphatic hydroxyl groups is 1. The molecule has 0 aromatic rings. The van der Waals surface area contributed by atoms with Gasteiger partial charge in [-0.2, -0.15) is 0 Å². The lowest BCUT2D eigenvalue weighted by molar-refractivity contribution is 0.115. The molecule has 2 N–H and O–H groups in total. The molecule has 4 heteroatoms. The van der Waals surface area contributed by atoms with Crippen molar-refractivity contribution < 1.29 is 14.6 Å². The third-order valence-corrected chi connectivity index (χ3v) is 1.67. The van der Waals surface area contributed by atoms with Gasteiger partial charge in [0.2, 0.25) is 0 Å². The van der Waals surface area contributed by atoms with E-state index < -0.39 is 6.09 Å². The summed E-state index contributed by atoms with van der Waals surface area (Å²) in [6.45, 7) is 5.85. The van der Waals surface area contributed by atoms with Gasteiger partial charge in [-0.15, -0.1) is 0 Å². The highest BCUT2D eigenvalue weighted by Gasteiger charge is 2.10. The second-order valence-electron chi connectivity index (χ2n) is 3.04. The summed E-state index contributed by atoms with van der Waals surface area (Å²) in [5.74, 6) is 0.381. The lowest BCUT2D eigenvalue weighted by Gasteiger charge is -2.16. The van der Waals surface area contributed by atoms with E-state index in [4.69, 9.17) is 5.11 Å². The Hall–Kier alpha value is -0.770. The molecule has 0 saturated heterocycles. The van der Waals surface area contributed by atoms with Crippen LogP contribution in [0.4, 0.5) is 4.79 Å². The maximum Gasteiger partial charge on any atom is 0.407 e. The quantitative estimate of drug-likeness (QED) is 0.662. The average Bonchev–Trinajstić information content (AvgIpc) is 2.00. The maximum atomic E-state index is 10.9. The number of hydrogen-bond donors (Lipinski definition) is 2. The second kappa shape index (κ2) is 5.83. The third kappa shape index (κ3) is 4.96. The van der Waals surface area contributed by atoms with Gasteiger partial charge in [-0.1, -0.05) is 13.8 Å². The highest BCUT2D eigenvalue weighted by atomic mass is 16.6. The first-order valence-corrected chi connectivity index (χ1v) is 4.12. The molecule has 4 nitrogen and oxygen atoms in total. The molecule has 0 heterocycles. The molecule has 0 fully saturated rings. The molecule has 0 radical (unpaired) electrons. The van der Waals surface area contributed by atoms with Gasteiger partial charge in [0.25, 0.3) is 0 Å². The van der Waals surface area contributed by atoms with Crippen molar-refractivity contribution in [3.05, 3.63) is 0 Å². The fourth-order valence-corrected chi connectivity index (χ4v) is 0.533. The second-order valence-corrected chi connectivity index (χ2v) is 3.04. The lowest BCUT2D eigenvalue weighted by Crippen LogP contribution is -2.36. The van der Waals surface area contributed by atoms with Crippen molar-refractivity contribution in [3.8, 4) is 0 Å². The molecule has 0 spiro atoms. The number of aliphatic hydroxyl groups excluding tert-OH is 1. The molecule has 1 amide bonds. The van der Waals surface area contributed by atoms with Crippen molar-refractivity contribution in [3.63, 3.8) is 0 Å². The summed E-state index contributed by atoms with van der Waals surface area (Å²) < 4.78 is 4.61. The molecule has 1 atom stereocenters. The molecular formula is C8H17NO3. The summed E-state index contributed by atoms with van der Waals surface area (Å²) in [5, 5.41) is 11.0. The van der Waals surface area contributed by atoms with E-state index in [-0.39, 0.29) is 19.3 Å². The number of carbonyl (C=O) groups excluding carboxylic acids is 1. The van der Waals surface area contributed by atoms with E-state index in [1.807, 2.05) is 20.8 Å². The molecule has 0 aromatic carbocycles. The number of carbonyl (C=O) groups is 1. The molecule has 12 heavy (non-hydrogen) atoms. The maximum absolute atomic E-state index is 10.9. The average molecular weight is 175 g/mol. The van der Waals surface area contributed by atoms with Gasteiger partial charge in [-0.05, 0) is 12.8 Å². The Morgan fingerprint density at radius 1 is 1.50 bits per heavy atom. The van der Waals surface area contributed by atoms with Crippen LogP contribution in [0.1, 0.15) is 20.8 Å². The smallest absolute Gasteiger partial charge is 0.407 e. The number of rotatable bonds is 4. The Bertz CT molecular complexity index is 136. The highest BCUT2D eigenvalue weighted by molar-refractivity contribution is 5.67. The number of hydrogen-bond acceptors (Lipinski definition) is 3. The summed E-state index contributed by atoms with van der Waals surface area (Å²) in [7, 11) is 0. The first-order chi connectivity index (χ1) is 5.57. The van der Waals surface area contributed by atoms with Crippen molar-refractivity contribution in [1.29, 1.82) is 0 Å². The van der Waals surface area contributed by atoms with E-state index in [2.05, 4.69) is 10.1 Å². The van der Waals surface area contributed by atoms with Crippen molar-refractivity contribution in [1.82, 2.24) is 5.32 Å². The molecule has 0 rings (SSSR count). The Morgan fingerprint density at radius 3 is 2.50 bits per heavy atom. The van der Waals surface area contributed by atoms with Gasteiger partial charge < -0.3 is 15.2 Å². The Balaban J connectivity index is 3.54. The summed E-state index contributed by atoms with van der Waals surface area (Å²) >= 11 is 0. The fraction of sp³-hybridized carbons (Fsp3) is 0.875. The van der Waals surface area contributed by atoms with Crippen molar-refractivity contribution >= 4 is 6.09 Å². The zero-order chi connectivity index (χ0) is 9.56. The van der Waals surface area contributed by atoms with Crippen LogP contribution >= 0.6 is 0 Å². The van der Waals surface area contributed by atoms with E-state index in [1.165, 1.54) is 0 Å². The SMILES string of the molecule is CC(C)C(C)NC(=O)OCCO. The predicted octanol–water partition coefficient (Wildman–Crippen LogP) is 0.749. The van der Waals surface area contributed by atoms with Gasteiger partial charge in [0.05, 0.1) is 6.61 Å². The van der Waals surface area contributed by atoms with Crippen LogP contribution in [0.3, 0.4) is 0 Å². The number of alkyl carbamates (subject to hydrolysis) is 1. The minimum atomic E-state index is -0.467. The first kappa shape index (κ1) is 11.2. The van der Waals surface area contributed by atoms with Gasteiger partial charge in [-0.25, -0.2) is 4.79 Å². The lowest BCUT2D eigenvalue weighted by atomic mass is 10.1. The zero-order valence-electron chi connectivity index (χ0n) is 7.83. The Morgan fingerprint density at radius 2 is 2.08 bits per heavy atom. The summed E-state index contributed by atoms with van der Waals surface area (Å²) in [5.41, 5.74) is 0. The van der Waals surface area contributed by atoms with Gasteiger partial charge in [0.1, 0.15) is 6.61 Å². The normalized spacial score (nSPS) is 12.8. The first-order valence-electron chi connectivity index (χ1n) is 4.12. The summed E-state index contributed by atoms with van der Waals surface area (Å²) in [6, 6.07) is 0.0937. The van der Waals surface area contributed by atoms with Crippen LogP contribution in [0.2, 0.25) is 0 Å². The predicted molar refractivity (Wildman–Crippen MR) is 45.9 cm³/mol. The molecule has 0 aliphatic carbocycles. The van der Waals surface area contributed by atoms with Crippen molar-refractivity contribution in [2.75, 3.05) is 13.2 Å². The zero-order valence-corrected chi connectivity index (χ0v) is 7.83. The Kier molecular flexibility index (Phi) is 5.45. The largest absolute Gasteiger partial charge is 0.447 e. The van der Waals surface area contributed by atoms with Crippen LogP contribution in [-0.4, -0.2) is 30.5 Å². The van der Waals surface area contributed by atoms with E-state index in [0.717, 1.165) is 0 Å². The summed E-state index contributed by atoms with van der Waals surface area (Å²) in [6.07, 6.45) is -0.467. The van der Waals surface area contributed by atoms with Gasteiger partial charge in [0, 0.05) is 6.04 Å². The van der Waals surface area contributed by atoms with Gasteiger partial charge in [0.15, 0.2) is 0 Å². The van der Waals surface area contributed by atoms with Crippen molar-refractivity contribution in [2.45, 2.75) is 26.8 Å². The minimum absolute atomic E-state index is 0.0522. The molecule has 0 bridgehead atoms. The van der Waals surface area contributed by atoms with Crippen LogP contribution in [0.15, 0.2) is 0 Å². The molecule has 0 aromatic heterocycles. The van der Waals surface area contributed by atoms with Gasteiger partial charge >= 0.3 is 6.09 Å². The standard InChI is InChI=1S/C8H17NO3/c1-6(2)7(3)9-8(11)12-5-4-10/h6-7,10H,4-5H2,1-3H3,(H,9,11). The minimum Gasteiger partial charge on any atom is -0.447 e. The molecule has 0 saturated carbocycles. The Labute approximate surface area is 72.9 Å². The van der Waals surface area contributed by atoms with E-state index in [0.29, 0.717) is 5.92 Å². The van der Waals surface area contributed by atoms with Crippen molar-refractivity contribution in [2.24, 2.45) is 5.92 Å². The van der Waals surface area contributed by atoms with Crippen LogP contribution in [0.25, 0.3) is 0 Å². The number of nitrogens with one attached hydrogen (secondary N) is 1. The molecule has 1 unspecified atom stereocenters. The van der Waals surface area contributed by atoms with Crippen LogP contribution in [0, 0.1) is 5.92 Å². The van der Waals surface area contributed by atoms with E-state index in [9.17, 15) is 4.79 Å². The van der Waals surface area contributed by atoms with Gasteiger partial charge in [-0.3, -0.25) is 0 Å².